The minimum absolute atomic E-state index is 0.0734. The van der Waals surface area contributed by atoms with Crippen molar-refractivity contribution in [3.8, 4) is 5.75 Å². The molecule has 23 heavy (non-hydrogen) atoms. The van der Waals surface area contributed by atoms with E-state index in [-0.39, 0.29) is 18.6 Å². The Morgan fingerprint density at radius 2 is 2.13 bits per heavy atom. The third-order valence-electron chi connectivity index (χ3n) is 3.92. The molecule has 1 aliphatic rings. The van der Waals surface area contributed by atoms with Gasteiger partial charge in [-0.15, -0.1) is 0 Å². The van der Waals surface area contributed by atoms with Crippen LogP contribution in [0.1, 0.15) is 23.7 Å². The topological polar surface area (TPSA) is 51.7 Å². The summed E-state index contributed by atoms with van der Waals surface area (Å²) >= 11 is 0. The van der Waals surface area contributed by atoms with E-state index in [2.05, 4.69) is 4.98 Å². The monoisotopic (exact) mass is 312 g/mol. The number of nitrogens with zero attached hydrogens (tertiary/aromatic N) is 2. The molecular weight excluding hydrogens is 292 g/mol. The van der Waals surface area contributed by atoms with Crippen LogP contribution in [-0.2, 0) is 16.1 Å². The lowest BCUT2D eigenvalue weighted by atomic mass is 10.1. The number of ether oxygens (including phenoxy) is 2. The van der Waals surface area contributed by atoms with Gasteiger partial charge in [-0.25, -0.2) is 0 Å². The van der Waals surface area contributed by atoms with Crippen molar-refractivity contribution in [1.82, 2.24) is 9.88 Å². The van der Waals surface area contributed by atoms with Crippen molar-refractivity contribution in [3.05, 3.63) is 59.9 Å². The number of rotatable bonds is 5. The maximum Gasteiger partial charge on any atom is 0.320 e. The zero-order valence-electron chi connectivity index (χ0n) is 13.1. The second-order valence-corrected chi connectivity index (χ2v) is 5.60. The van der Waals surface area contributed by atoms with Crippen molar-refractivity contribution in [3.63, 3.8) is 0 Å². The zero-order valence-corrected chi connectivity index (χ0v) is 13.1. The number of carbonyl (C=O) groups excluding carboxylic acids is 1. The highest BCUT2D eigenvalue weighted by Gasteiger charge is 2.27. The van der Waals surface area contributed by atoms with E-state index in [1.807, 2.05) is 54.4 Å². The molecule has 1 aliphatic heterocycles. The smallest absolute Gasteiger partial charge is 0.320 e. The molecule has 1 aromatic carbocycles. The van der Waals surface area contributed by atoms with Gasteiger partial charge in [0.2, 0.25) is 0 Å². The van der Waals surface area contributed by atoms with Gasteiger partial charge in [-0.3, -0.25) is 14.7 Å². The Labute approximate surface area is 135 Å². The van der Waals surface area contributed by atoms with E-state index in [1.165, 1.54) is 0 Å². The molecular formula is C18H20N2O3. The molecule has 2 aromatic rings. The van der Waals surface area contributed by atoms with Gasteiger partial charge in [-0.1, -0.05) is 30.3 Å². The van der Waals surface area contributed by atoms with E-state index in [0.29, 0.717) is 13.2 Å². The van der Waals surface area contributed by atoms with Gasteiger partial charge in [-0.2, -0.15) is 0 Å². The molecule has 0 saturated heterocycles. The number of benzene rings is 1. The molecule has 0 amide bonds. The number of fused-ring (bicyclic) bond motifs is 1. The summed E-state index contributed by atoms with van der Waals surface area (Å²) in [5, 5.41) is 0. The van der Waals surface area contributed by atoms with Gasteiger partial charge in [-0.05, 0) is 24.7 Å². The van der Waals surface area contributed by atoms with Crippen LogP contribution in [-0.4, -0.2) is 36.1 Å². The number of likely N-dealkylation sites (N-methyl/N-ethyl adjacent to an activating group) is 1. The Balaban J connectivity index is 1.57. The molecule has 3 rings (SSSR count). The number of hydrogen-bond donors (Lipinski definition) is 0. The highest BCUT2D eigenvalue weighted by atomic mass is 16.5. The maximum atomic E-state index is 12.1. The van der Waals surface area contributed by atoms with E-state index in [9.17, 15) is 4.79 Å². The van der Waals surface area contributed by atoms with E-state index in [1.54, 1.807) is 6.20 Å². The molecule has 0 unspecified atom stereocenters. The average molecular weight is 312 g/mol. The summed E-state index contributed by atoms with van der Waals surface area (Å²) in [6, 6.07) is 13.5. The van der Waals surface area contributed by atoms with Crippen molar-refractivity contribution in [2.24, 2.45) is 0 Å². The first kappa shape index (κ1) is 15.5. The molecule has 0 aliphatic carbocycles. The lowest BCUT2D eigenvalue weighted by Gasteiger charge is -2.31. The van der Waals surface area contributed by atoms with Gasteiger partial charge in [0.15, 0.2) is 0 Å². The molecule has 1 aromatic heterocycles. The van der Waals surface area contributed by atoms with Crippen molar-refractivity contribution in [2.75, 3.05) is 20.2 Å². The first-order valence-electron chi connectivity index (χ1n) is 7.71. The summed E-state index contributed by atoms with van der Waals surface area (Å²) in [5.41, 5.74) is 1.87. The van der Waals surface area contributed by atoms with Crippen molar-refractivity contribution < 1.29 is 14.3 Å². The summed E-state index contributed by atoms with van der Waals surface area (Å²) < 4.78 is 11.0. The average Bonchev–Trinajstić information content (AvgIpc) is 2.60. The minimum Gasteiger partial charge on any atom is -0.492 e. The molecule has 0 saturated carbocycles. The first-order chi connectivity index (χ1) is 11.2. The molecule has 0 radical (unpaired) electrons. The van der Waals surface area contributed by atoms with Gasteiger partial charge in [0.1, 0.15) is 12.4 Å². The highest BCUT2D eigenvalue weighted by Crippen LogP contribution is 2.33. The Morgan fingerprint density at radius 3 is 2.96 bits per heavy atom. The lowest BCUT2D eigenvalue weighted by molar-refractivity contribution is -0.146. The van der Waals surface area contributed by atoms with Crippen molar-refractivity contribution in [1.29, 1.82) is 0 Å². The van der Waals surface area contributed by atoms with Crippen LogP contribution in [0, 0.1) is 0 Å². The number of aromatic nitrogens is 1. The number of hydrogen-bond acceptors (Lipinski definition) is 5. The lowest BCUT2D eigenvalue weighted by Crippen LogP contribution is -2.34. The van der Waals surface area contributed by atoms with Crippen LogP contribution < -0.4 is 4.74 Å². The molecule has 1 atom stereocenters. The predicted octanol–water partition coefficient (Wildman–Crippen LogP) is 2.58. The summed E-state index contributed by atoms with van der Waals surface area (Å²) in [6.45, 7) is 1.16. The van der Waals surface area contributed by atoms with Crippen LogP contribution in [0.25, 0.3) is 0 Å². The van der Waals surface area contributed by atoms with Crippen LogP contribution in [0.5, 0.6) is 5.75 Å². The zero-order chi connectivity index (χ0) is 16.1. The fourth-order valence-electron chi connectivity index (χ4n) is 2.72. The Hall–Kier alpha value is -2.40. The highest BCUT2D eigenvalue weighted by molar-refractivity contribution is 5.71. The summed E-state index contributed by atoms with van der Waals surface area (Å²) in [6.07, 6.45) is 2.56. The van der Waals surface area contributed by atoms with Crippen molar-refractivity contribution >= 4 is 5.97 Å². The largest absolute Gasteiger partial charge is 0.492 e. The van der Waals surface area contributed by atoms with Crippen LogP contribution in [0.2, 0.25) is 0 Å². The molecule has 0 fully saturated rings. The van der Waals surface area contributed by atoms with Crippen molar-refractivity contribution in [2.45, 2.75) is 19.1 Å². The van der Waals surface area contributed by atoms with Crippen LogP contribution in [0.3, 0.4) is 0 Å². The molecule has 5 heteroatoms. The Bertz CT molecular complexity index is 660. The normalized spacial score (nSPS) is 16.5. The van der Waals surface area contributed by atoms with Crippen LogP contribution >= 0.6 is 0 Å². The molecule has 5 nitrogen and oxygen atoms in total. The van der Waals surface area contributed by atoms with Gasteiger partial charge in [0, 0.05) is 12.6 Å². The second-order valence-electron chi connectivity index (χ2n) is 5.60. The number of pyridine rings is 1. The fourth-order valence-corrected chi connectivity index (χ4v) is 2.72. The second kappa shape index (κ2) is 7.24. The maximum absolute atomic E-state index is 12.1. The van der Waals surface area contributed by atoms with E-state index < -0.39 is 0 Å². The number of carbonyl (C=O) groups is 1. The van der Waals surface area contributed by atoms with E-state index >= 15 is 0 Å². The SMILES string of the molecule is CN(CC(=O)OCc1ccccc1)[C@@H]1CCOc2cccnc21. The summed E-state index contributed by atoms with van der Waals surface area (Å²) in [4.78, 5) is 18.4. The quantitative estimate of drug-likeness (QED) is 0.794. The number of esters is 1. The molecule has 0 N–H and O–H groups in total. The summed E-state index contributed by atoms with van der Waals surface area (Å²) in [5.74, 6) is 0.563. The minimum atomic E-state index is -0.236. The van der Waals surface area contributed by atoms with Gasteiger partial charge in [0.05, 0.1) is 24.9 Å². The van der Waals surface area contributed by atoms with Gasteiger partial charge in [0.25, 0.3) is 0 Å². The van der Waals surface area contributed by atoms with E-state index in [4.69, 9.17) is 9.47 Å². The van der Waals surface area contributed by atoms with E-state index in [0.717, 1.165) is 23.4 Å². The Morgan fingerprint density at radius 1 is 1.30 bits per heavy atom. The fraction of sp³-hybridized carbons (Fsp3) is 0.333. The molecule has 0 bridgehead atoms. The Kier molecular flexibility index (Phi) is 4.88. The standard InChI is InChI=1S/C18H20N2O3/c1-20(12-17(21)23-13-14-6-3-2-4-7-14)15-9-11-22-16-8-5-10-19-18(15)16/h2-8,10,15H,9,11-13H2,1H3/t15-/m1/s1. The van der Waals surface area contributed by atoms with Gasteiger partial charge < -0.3 is 9.47 Å². The van der Waals surface area contributed by atoms with Gasteiger partial charge >= 0.3 is 5.97 Å². The third-order valence-corrected chi connectivity index (χ3v) is 3.92. The van der Waals surface area contributed by atoms with Crippen LogP contribution in [0.4, 0.5) is 0 Å². The molecule has 0 spiro atoms. The first-order valence-corrected chi connectivity index (χ1v) is 7.71. The van der Waals surface area contributed by atoms with Crippen LogP contribution in [0.15, 0.2) is 48.7 Å². The summed E-state index contributed by atoms with van der Waals surface area (Å²) in [7, 11) is 1.91. The predicted molar refractivity (Wildman–Crippen MR) is 86.0 cm³/mol. The molecule has 120 valence electrons. The third kappa shape index (κ3) is 3.87. The molecule has 2 heterocycles.